The number of sulfonamides is 1. The lowest BCUT2D eigenvalue weighted by molar-refractivity contribution is 0.252. The van der Waals surface area contributed by atoms with E-state index in [2.05, 4.69) is 10.6 Å². The summed E-state index contributed by atoms with van der Waals surface area (Å²) in [5.74, 6) is 0. The molecule has 0 saturated carbocycles. The highest BCUT2D eigenvalue weighted by molar-refractivity contribution is 7.89. The average Bonchev–Trinajstić information content (AvgIpc) is 2.27. The van der Waals surface area contributed by atoms with Crippen molar-refractivity contribution >= 4 is 21.7 Å². The molecular weight excluding hydrogens is 254 g/mol. The molecule has 0 unspecified atom stereocenters. The lowest BCUT2D eigenvalue weighted by atomic mass is 10.2. The topological polar surface area (TPSA) is 101 Å². The summed E-state index contributed by atoms with van der Waals surface area (Å²) >= 11 is 0. The van der Waals surface area contributed by atoms with Crippen LogP contribution in [0.2, 0.25) is 0 Å². The maximum absolute atomic E-state index is 11.4. The van der Waals surface area contributed by atoms with Crippen LogP contribution in [0, 0.1) is 6.92 Å². The molecule has 2 amide bonds. The Kier molecular flexibility index (Phi) is 4.69. The Balaban J connectivity index is 2.90. The molecule has 100 valence electrons. The van der Waals surface area contributed by atoms with Gasteiger partial charge in [0, 0.05) is 12.2 Å². The van der Waals surface area contributed by atoms with Gasteiger partial charge in [0.2, 0.25) is 10.0 Å². The van der Waals surface area contributed by atoms with Gasteiger partial charge in [0.1, 0.15) is 0 Å². The van der Waals surface area contributed by atoms with Gasteiger partial charge in [-0.1, -0.05) is 13.0 Å². The Morgan fingerprint density at radius 2 is 2.06 bits per heavy atom. The summed E-state index contributed by atoms with van der Waals surface area (Å²) in [4.78, 5) is 11.4. The normalized spacial score (nSPS) is 11.1. The molecule has 0 spiro atoms. The van der Waals surface area contributed by atoms with Crippen LogP contribution in [-0.4, -0.2) is 21.0 Å². The van der Waals surface area contributed by atoms with Gasteiger partial charge in [-0.25, -0.2) is 18.4 Å². The van der Waals surface area contributed by atoms with Crippen molar-refractivity contribution < 1.29 is 13.2 Å². The van der Waals surface area contributed by atoms with Crippen molar-refractivity contribution in [1.29, 1.82) is 0 Å². The number of aryl methyl sites for hydroxylation is 1. The first-order valence-electron chi connectivity index (χ1n) is 5.53. The van der Waals surface area contributed by atoms with Crippen molar-refractivity contribution in [1.82, 2.24) is 5.32 Å². The number of rotatable bonds is 4. The van der Waals surface area contributed by atoms with Gasteiger partial charge in [-0.3, -0.25) is 0 Å². The second kappa shape index (κ2) is 5.83. The molecule has 1 aromatic carbocycles. The van der Waals surface area contributed by atoms with Crippen LogP contribution in [0.15, 0.2) is 23.1 Å². The highest BCUT2D eigenvalue weighted by Crippen LogP contribution is 2.18. The number of hydrogen-bond acceptors (Lipinski definition) is 3. The number of hydrogen-bond donors (Lipinski definition) is 3. The Labute approximate surface area is 107 Å². The van der Waals surface area contributed by atoms with Gasteiger partial charge in [0.25, 0.3) is 0 Å². The second-order valence-corrected chi connectivity index (χ2v) is 5.44. The third-order valence-corrected chi connectivity index (χ3v) is 3.34. The molecule has 0 radical (unpaired) electrons. The Morgan fingerprint density at radius 3 is 2.61 bits per heavy atom. The summed E-state index contributed by atoms with van der Waals surface area (Å²) in [6.45, 7) is 4.13. The summed E-state index contributed by atoms with van der Waals surface area (Å²) in [7, 11) is -3.78. The number of primary sulfonamides is 1. The first kappa shape index (κ1) is 14.5. The highest BCUT2D eigenvalue weighted by Gasteiger charge is 2.12. The van der Waals surface area contributed by atoms with Crippen molar-refractivity contribution in [2.45, 2.75) is 25.2 Å². The standard InChI is InChI=1S/C11H17N3O3S/c1-3-6-13-11(15)14-9-5-4-8(2)10(7-9)18(12,16)17/h4-5,7H,3,6H2,1-2H3,(H2,12,16,17)(H2,13,14,15). The van der Waals surface area contributed by atoms with E-state index in [0.717, 1.165) is 6.42 Å². The smallest absolute Gasteiger partial charge is 0.319 e. The maximum atomic E-state index is 11.4. The van der Waals surface area contributed by atoms with E-state index in [-0.39, 0.29) is 10.9 Å². The number of carbonyl (C=O) groups excluding carboxylic acids is 1. The van der Waals surface area contributed by atoms with Gasteiger partial charge in [0.05, 0.1) is 4.90 Å². The minimum Gasteiger partial charge on any atom is -0.338 e. The lowest BCUT2D eigenvalue weighted by Gasteiger charge is -2.09. The molecule has 4 N–H and O–H groups in total. The van der Waals surface area contributed by atoms with Crippen LogP contribution in [0.3, 0.4) is 0 Å². The van der Waals surface area contributed by atoms with Crippen molar-refractivity contribution in [2.75, 3.05) is 11.9 Å². The van der Waals surface area contributed by atoms with Gasteiger partial charge in [-0.05, 0) is 31.0 Å². The largest absolute Gasteiger partial charge is 0.338 e. The molecule has 1 rings (SSSR count). The molecule has 0 saturated heterocycles. The number of nitrogens with one attached hydrogen (secondary N) is 2. The molecule has 0 aromatic heterocycles. The van der Waals surface area contributed by atoms with E-state index < -0.39 is 10.0 Å². The summed E-state index contributed by atoms with van der Waals surface area (Å²) in [5, 5.41) is 10.3. The molecule has 6 nitrogen and oxygen atoms in total. The van der Waals surface area contributed by atoms with E-state index in [1.54, 1.807) is 19.1 Å². The van der Waals surface area contributed by atoms with E-state index in [4.69, 9.17) is 5.14 Å². The quantitative estimate of drug-likeness (QED) is 0.766. The maximum Gasteiger partial charge on any atom is 0.319 e. The van der Waals surface area contributed by atoms with Gasteiger partial charge in [0.15, 0.2) is 0 Å². The van der Waals surface area contributed by atoms with Crippen LogP contribution in [0.1, 0.15) is 18.9 Å². The summed E-state index contributed by atoms with van der Waals surface area (Å²) in [5.41, 5.74) is 0.926. The minimum absolute atomic E-state index is 0.00999. The van der Waals surface area contributed by atoms with Crippen LogP contribution in [0.25, 0.3) is 0 Å². The van der Waals surface area contributed by atoms with Crippen LogP contribution in [0.5, 0.6) is 0 Å². The Bertz CT molecular complexity index is 540. The molecule has 7 heteroatoms. The second-order valence-electron chi connectivity index (χ2n) is 3.91. The third kappa shape index (κ3) is 4.01. The molecule has 0 aliphatic carbocycles. The Hall–Kier alpha value is -1.60. The first-order chi connectivity index (χ1) is 8.34. The summed E-state index contributed by atoms with van der Waals surface area (Å²) in [6, 6.07) is 4.18. The molecule has 18 heavy (non-hydrogen) atoms. The number of urea groups is 1. The van der Waals surface area contributed by atoms with E-state index in [9.17, 15) is 13.2 Å². The van der Waals surface area contributed by atoms with E-state index in [1.165, 1.54) is 6.07 Å². The van der Waals surface area contributed by atoms with Crippen LogP contribution >= 0.6 is 0 Å². The summed E-state index contributed by atoms with van der Waals surface area (Å²) < 4.78 is 22.6. The molecule has 1 aromatic rings. The number of benzene rings is 1. The predicted molar refractivity (Wildman–Crippen MR) is 69.9 cm³/mol. The molecule has 0 atom stereocenters. The minimum atomic E-state index is -3.78. The average molecular weight is 271 g/mol. The van der Waals surface area contributed by atoms with Gasteiger partial charge in [-0.15, -0.1) is 0 Å². The number of amides is 2. The van der Waals surface area contributed by atoms with Crippen LogP contribution < -0.4 is 15.8 Å². The van der Waals surface area contributed by atoms with Crippen molar-refractivity contribution in [3.05, 3.63) is 23.8 Å². The van der Waals surface area contributed by atoms with E-state index in [1.807, 2.05) is 6.92 Å². The molecule has 0 bridgehead atoms. The SMILES string of the molecule is CCCNC(=O)Nc1ccc(C)c(S(N)(=O)=O)c1. The fraction of sp³-hybridized carbons (Fsp3) is 0.364. The third-order valence-electron chi connectivity index (χ3n) is 2.29. The fourth-order valence-corrected chi connectivity index (χ4v) is 2.21. The monoisotopic (exact) mass is 271 g/mol. The zero-order valence-corrected chi connectivity index (χ0v) is 11.2. The van der Waals surface area contributed by atoms with Crippen molar-refractivity contribution in [2.24, 2.45) is 5.14 Å². The molecule has 0 aliphatic heterocycles. The molecule has 0 aliphatic rings. The fourth-order valence-electron chi connectivity index (χ4n) is 1.40. The van der Waals surface area contributed by atoms with E-state index >= 15 is 0 Å². The van der Waals surface area contributed by atoms with Crippen molar-refractivity contribution in [3.8, 4) is 0 Å². The summed E-state index contributed by atoms with van der Waals surface area (Å²) in [6.07, 6.45) is 0.823. The van der Waals surface area contributed by atoms with Crippen molar-refractivity contribution in [3.63, 3.8) is 0 Å². The first-order valence-corrected chi connectivity index (χ1v) is 7.07. The zero-order valence-electron chi connectivity index (χ0n) is 10.4. The lowest BCUT2D eigenvalue weighted by Crippen LogP contribution is -2.29. The van der Waals surface area contributed by atoms with Crippen LogP contribution in [-0.2, 0) is 10.0 Å². The molecular formula is C11H17N3O3S. The van der Waals surface area contributed by atoms with Crippen LogP contribution in [0.4, 0.5) is 10.5 Å². The zero-order chi connectivity index (χ0) is 13.8. The molecule has 0 fully saturated rings. The highest BCUT2D eigenvalue weighted by atomic mass is 32.2. The van der Waals surface area contributed by atoms with E-state index in [0.29, 0.717) is 17.8 Å². The number of carbonyl (C=O) groups is 1. The number of nitrogens with two attached hydrogens (primary N) is 1. The number of anilines is 1. The predicted octanol–water partition coefficient (Wildman–Crippen LogP) is 1.17. The van der Waals surface area contributed by atoms with Gasteiger partial charge >= 0.3 is 6.03 Å². The molecule has 0 heterocycles. The van der Waals surface area contributed by atoms with Gasteiger partial charge in [-0.2, -0.15) is 0 Å². The van der Waals surface area contributed by atoms with Gasteiger partial charge < -0.3 is 10.6 Å². The Morgan fingerprint density at radius 1 is 1.39 bits per heavy atom.